The third kappa shape index (κ3) is 4.07. The molecule has 0 atom stereocenters. The van der Waals surface area contributed by atoms with Gasteiger partial charge in [-0.1, -0.05) is 6.07 Å². The second-order valence-corrected chi connectivity index (χ2v) is 4.20. The number of aromatic carboxylic acids is 1. The van der Waals surface area contributed by atoms with Crippen LogP contribution in [0.5, 0.6) is 5.75 Å². The first-order valence-corrected chi connectivity index (χ1v) is 5.79. The van der Waals surface area contributed by atoms with E-state index in [-0.39, 0.29) is 5.56 Å². The molecule has 17 heavy (non-hydrogen) atoms. The predicted octanol–water partition coefficient (Wildman–Crippen LogP) is 2.19. The molecule has 2 rings (SSSR count). The van der Waals surface area contributed by atoms with Crippen molar-refractivity contribution in [1.82, 2.24) is 0 Å². The fourth-order valence-corrected chi connectivity index (χ4v) is 1.47. The number of rotatable bonds is 7. The molecule has 1 aromatic rings. The van der Waals surface area contributed by atoms with E-state index in [2.05, 4.69) is 0 Å². The first-order valence-electron chi connectivity index (χ1n) is 5.79. The van der Waals surface area contributed by atoms with Gasteiger partial charge in [0.15, 0.2) is 0 Å². The Morgan fingerprint density at radius 3 is 2.88 bits per heavy atom. The van der Waals surface area contributed by atoms with Crippen LogP contribution in [0, 0.1) is 5.92 Å². The van der Waals surface area contributed by atoms with Crippen LogP contribution < -0.4 is 4.74 Å². The van der Waals surface area contributed by atoms with Crippen molar-refractivity contribution >= 4 is 5.97 Å². The number of carboxylic acid groups (broad SMARTS) is 1. The maximum absolute atomic E-state index is 10.7. The van der Waals surface area contributed by atoms with Crippen molar-refractivity contribution < 1.29 is 19.4 Å². The van der Waals surface area contributed by atoms with Gasteiger partial charge in [-0.15, -0.1) is 0 Å². The number of benzene rings is 1. The van der Waals surface area contributed by atoms with E-state index in [1.165, 1.54) is 18.9 Å². The molecule has 4 heteroatoms. The molecule has 1 N–H and O–H groups in total. The van der Waals surface area contributed by atoms with Gasteiger partial charge in [-0.3, -0.25) is 0 Å². The fraction of sp³-hybridized carbons (Fsp3) is 0.462. The molecular weight excluding hydrogens is 220 g/mol. The van der Waals surface area contributed by atoms with Crippen LogP contribution in [-0.4, -0.2) is 30.9 Å². The Morgan fingerprint density at radius 1 is 1.35 bits per heavy atom. The highest BCUT2D eigenvalue weighted by atomic mass is 16.5. The average molecular weight is 236 g/mol. The lowest BCUT2D eigenvalue weighted by Crippen LogP contribution is -2.08. The lowest BCUT2D eigenvalue weighted by atomic mass is 10.2. The highest BCUT2D eigenvalue weighted by Gasteiger charge is 2.20. The standard InChI is InChI=1S/C13H16O4/c14-13(15)11-2-1-3-12(8-11)17-7-6-16-9-10-4-5-10/h1-3,8,10H,4-7,9H2,(H,14,15). The summed E-state index contributed by atoms with van der Waals surface area (Å²) in [7, 11) is 0. The molecule has 0 radical (unpaired) electrons. The lowest BCUT2D eigenvalue weighted by molar-refractivity contribution is 0.0695. The van der Waals surface area contributed by atoms with Crippen LogP contribution in [0.3, 0.4) is 0 Å². The molecule has 1 aliphatic carbocycles. The van der Waals surface area contributed by atoms with E-state index in [0.29, 0.717) is 19.0 Å². The topological polar surface area (TPSA) is 55.8 Å². The Morgan fingerprint density at radius 2 is 2.18 bits per heavy atom. The van der Waals surface area contributed by atoms with Crippen molar-refractivity contribution in [2.45, 2.75) is 12.8 Å². The first-order chi connectivity index (χ1) is 8.25. The molecule has 1 fully saturated rings. The summed E-state index contributed by atoms with van der Waals surface area (Å²) in [6.07, 6.45) is 2.56. The van der Waals surface area contributed by atoms with Gasteiger partial charge in [0.05, 0.1) is 12.2 Å². The molecule has 1 saturated carbocycles. The zero-order valence-electron chi connectivity index (χ0n) is 9.59. The van der Waals surface area contributed by atoms with E-state index in [9.17, 15) is 4.79 Å². The summed E-state index contributed by atoms with van der Waals surface area (Å²) in [4.78, 5) is 10.7. The van der Waals surface area contributed by atoms with E-state index in [0.717, 1.165) is 12.5 Å². The number of ether oxygens (including phenoxy) is 2. The maximum atomic E-state index is 10.7. The largest absolute Gasteiger partial charge is 0.491 e. The minimum absolute atomic E-state index is 0.237. The Balaban J connectivity index is 1.70. The summed E-state index contributed by atoms with van der Waals surface area (Å²) in [6, 6.07) is 6.47. The summed E-state index contributed by atoms with van der Waals surface area (Å²) >= 11 is 0. The second kappa shape index (κ2) is 5.68. The van der Waals surface area contributed by atoms with Gasteiger partial charge in [0.2, 0.25) is 0 Å². The van der Waals surface area contributed by atoms with Gasteiger partial charge in [0.25, 0.3) is 0 Å². The maximum Gasteiger partial charge on any atom is 0.335 e. The third-order valence-electron chi connectivity index (χ3n) is 2.63. The monoisotopic (exact) mass is 236 g/mol. The van der Waals surface area contributed by atoms with Gasteiger partial charge in [-0.25, -0.2) is 4.79 Å². The molecular formula is C13H16O4. The van der Waals surface area contributed by atoms with E-state index in [4.69, 9.17) is 14.6 Å². The lowest BCUT2D eigenvalue weighted by Gasteiger charge is -2.07. The molecule has 0 unspecified atom stereocenters. The average Bonchev–Trinajstić information content (AvgIpc) is 3.13. The van der Waals surface area contributed by atoms with Crippen molar-refractivity contribution in [3.63, 3.8) is 0 Å². The van der Waals surface area contributed by atoms with Gasteiger partial charge in [0.1, 0.15) is 12.4 Å². The highest BCUT2D eigenvalue weighted by Crippen LogP contribution is 2.28. The number of hydrogen-bond acceptors (Lipinski definition) is 3. The Hall–Kier alpha value is -1.55. The predicted molar refractivity (Wildman–Crippen MR) is 62.4 cm³/mol. The summed E-state index contributed by atoms with van der Waals surface area (Å²) < 4.78 is 10.8. The van der Waals surface area contributed by atoms with Crippen LogP contribution in [0.2, 0.25) is 0 Å². The van der Waals surface area contributed by atoms with Gasteiger partial charge in [-0.05, 0) is 37.0 Å². The van der Waals surface area contributed by atoms with Crippen molar-refractivity contribution in [2.24, 2.45) is 5.92 Å². The van der Waals surface area contributed by atoms with Crippen LogP contribution in [-0.2, 0) is 4.74 Å². The van der Waals surface area contributed by atoms with E-state index >= 15 is 0 Å². The Labute approximate surface area is 100 Å². The molecule has 0 spiro atoms. The van der Waals surface area contributed by atoms with Crippen LogP contribution >= 0.6 is 0 Å². The molecule has 0 heterocycles. The van der Waals surface area contributed by atoms with Crippen molar-refractivity contribution in [1.29, 1.82) is 0 Å². The summed E-state index contributed by atoms with van der Waals surface area (Å²) in [5.74, 6) is 0.380. The van der Waals surface area contributed by atoms with Crippen molar-refractivity contribution in [3.05, 3.63) is 29.8 Å². The molecule has 0 aliphatic heterocycles. The van der Waals surface area contributed by atoms with Crippen molar-refractivity contribution in [2.75, 3.05) is 19.8 Å². The minimum atomic E-state index is -0.944. The smallest absolute Gasteiger partial charge is 0.335 e. The van der Waals surface area contributed by atoms with Gasteiger partial charge in [0, 0.05) is 6.61 Å². The zero-order chi connectivity index (χ0) is 12.1. The Kier molecular flexibility index (Phi) is 3.98. The van der Waals surface area contributed by atoms with Crippen LogP contribution in [0.25, 0.3) is 0 Å². The molecule has 0 amide bonds. The quantitative estimate of drug-likeness (QED) is 0.737. The minimum Gasteiger partial charge on any atom is -0.491 e. The molecule has 0 saturated heterocycles. The SMILES string of the molecule is O=C(O)c1cccc(OCCOCC2CC2)c1. The molecule has 4 nitrogen and oxygen atoms in total. The normalized spacial score (nSPS) is 14.6. The molecule has 1 aromatic carbocycles. The molecule has 0 bridgehead atoms. The number of hydrogen-bond donors (Lipinski definition) is 1. The van der Waals surface area contributed by atoms with E-state index in [1.807, 2.05) is 0 Å². The zero-order valence-corrected chi connectivity index (χ0v) is 9.59. The van der Waals surface area contributed by atoms with Gasteiger partial charge >= 0.3 is 5.97 Å². The van der Waals surface area contributed by atoms with E-state index < -0.39 is 5.97 Å². The summed E-state index contributed by atoms with van der Waals surface area (Å²) in [5, 5.41) is 8.81. The number of carboxylic acids is 1. The summed E-state index contributed by atoms with van der Waals surface area (Å²) in [6.45, 7) is 1.82. The molecule has 92 valence electrons. The number of carbonyl (C=O) groups is 1. The Bertz CT molecular complexity index is 385. The molecule has 0 aromatic heterocycles. The molecule has 1 aliphatic rings. The second-order valence-electron chi connectivity index (χ2n) is 4.20. The first kappa shape index (κ1) is 11.9. The highest BCUT2D eigenvalue weighted by molar-refractivity contribution is 5.87. The van der Waals surface area contributed by atoms with Crippen LogP contribution in [0.1, 0.15) is 23.2 Å². The van der Waals surface area contributed by atoms with Gasteiger partial charge < -0.3 is 14.6 Å². The summed E-state index contributed by atoms with van der Waals surface area (Å²) in [5.41, 5.74) is 0.237. The van der Waals surface area contributed by atoms with Crippen molar-refractivity contribution in [3.8, 4) is 5.75 Å². The van der Waals surface area contributed by atoms with Crippen LogP contribution in [0.15, 0.2) is 24.3 Å². The van der Waals surface area contributed by atoms with E-state index in [1.54, 1.807) is 18.2 Å². The third-order valence-corrected chi connectivity index (χ3v) is 2.63. The fourth-order valence-electron chi connectivity index (χ4n) is 1.47. The van der Waals surface area contributed by atoms with Gasteiger partial charge in [-0.2, -0.15) is 0 Å². The van der Waals surface area contributed by atoms with Crippen LogP contribution in [0.4, 0.5) is 0 Å².